The number of nitrogens with zero attached hydrogens (tertiary/aromatic N) is 4. The summed E-state index contributed by atoms with van der Waals surface area (Å²) in [6, 6.07) is 10.2. The second kappa shape index (κ2) is 9.36. The Labute approximate surface area is 195 Å². The van der Waals surface area contributed by atoms with Crippen LogP contribution in [0.3, 0.4) is 0 Å². The summed E-state index contributed by atoms with van der Waals surface area (Å²) in [4.78, 5) is 13.3. The van der Waals surface area contributed by atoms with Gasteiger partial charge in [0.2, 0.25) is 0 Å². The SMILES string of the molecule is Fc1ccc(F)c(CN2CCNc3ncc(Nc4ccc(N5CCOCC5)cc4)nc32)c1Cl. The van der Waals surface area contributed by atoms with Gasteiger partial charge in [0.25, 0.3) is 0 Å². The number of fused-ring (bicyclic) bond motifs is 1. The Hall–Kier alpha value is -3.17. The highest BCUT2D eigenvalue weighted by Gasteiger charge is 2.23. The Morgan fingerprint density at radius 2 is 1.79 bits per heavy atom. The van der Waals surface area contributed by atoms with Crippen molar-refractivity contribution in [3.8, 4) is 0 Å². The van der Waals surface area contributed by atoms with Crippen molar-refractivity contribution < 1.29 is 13.5 Å². The zero-order valence-corrected chi connectivity index (χ0v) is 18.6. The molecule has 2 N–H and O–H groups in total. The molecule has 10 heteroatoms. The van der Waals surface area contributed by atoms with Crippen molar-refractivity contribution in [2.24, 2.45) is 0 Å². The van der Waals surface area contributed by atoms with Crippen LogP contribution in [0.4, 0.5) is 37.6 Å². The van der Waals surface area contributed by atoms with E-state index in [1.807, 2.05) is 17.0 Å². The fourth-order valence-corrected chi connectivity index (χ4v) is 4.20. The maximum Gasteiger partial charge on any atom is 0.174 e. The molecule has 2 aromatic carbocycles. The summed E-state index contributed by atoms with van der Waals surface area (Å²) in [5.41, 5.74) is 2.11. The first kappa shape index (κ1) is 21.7. The van der Waals surface area contributed by atoms with Gasteiger partial charge in [0.05, 0.1) is 24.4 Å². The standard InChI is InChI=1S/C23H23ClF2N6O/c24-21-17(18(25)5-6-19(21)26)14-32-8-7-27-22-23(32)30-20(13-28-22)29-15-1-3-16(4-2-15)31-9-11-33-12-10-31/h1-6,13H,7-12,14H2,(H,27,28)(H,29,30). The summed E-state index contributed by atoms with van der Waals surface area (Å²) in [5, 5.41) is 6.25. The molecular weight excluding hydrogens is 450 g/mol. The average Bonchev–Trinajstić information content (AvgIpc) is 2.85. The topological polar surface area (TPSA) is 65.5 Å². The third kappa shape index (κ3) is 4.65. The number of benzene rings is 2. The van der Waals surface area contributed by atoms with E-state index in [2.05, 4.69) is 37.6 Å². The minimum absolute atomic E-state index is 0.0868. The molecule has 7 nitrogen and oxygen atoms in total. The van der Waals surface area contributed by atoms with E-state index in [0.29, 0.717) is 30.5 Å². The number of anilines is 5. The second-order valence-electron chi connectivity index (χ2n) is 7.87. The lowest BCUT2D eigenvalue weighted by molar-refractivity contribution is 0.122. The molecular formula is C23H23ClF2N6O. The van der Waals surface area contributed by atoms with Gasteiger partial charge in [0, 0.05) is 49.7 Å². The van der Waals surface area contributed by atoms with Crippen molar-refractivity contribution in [3.05, 3.63) is 64.8 Å². The van der Waals surface area contributed by atoms with Crippen LogP contribution in [0, 0.1) is 11.6 Å². The van der Waals surface area contributed by atoms with Crippen LogP contribution in [0.15, 0.2) is 42.6 Å². The van der Waals surface area contributed by atoms with Crippen LogP contribution in [-0.4, -0.2) is 49.4 Å². The minimum Gasteiger partial charge on any atom is -0.378 e. The largest absolute Gasteiger partial charge is 0.378 e. The van der Waals surface area contributed by atoms with Crippen molar-refractivity contribution in [1.29, 1.82) is 0 Å². The lowest BCUT2D eigenvalue weighted by atomic mass is 10.1. The molecule has 0 amide bonds. The summed E-state index contributed by atoms with van der Waals surface area (Å²) in [6.07, 6.45) is 1.64. The maximum absolute atomic E-state index is 14.3. The van der Waals surface area contributed by atoms with Gasteiger partial charge in [-0.3, -0.25) is 0 Å². The zero-order chi connectivity index (χ0) is 22.8. The fourth-order valence-electron chi connectivity index (χ4n) is 3.98. The van der Waals surface area contributed by atoms with E-state index in [-0.39, 0.29) is 17.1 Å². The van der Waals surface area contributed by atoms with E-state index in [1.165, 1.54) is 0 Å². The molecule has 0 aliphatic carbocycles. The number of nitrogens with one attached hydrogen (secondary N) is 2. The van der Waals surface area contributed by atoms with Crippen LogP contribution in [0.5, 0.6) is 0 Å². The smallest absolute Gasteiger partial charge is 0.174 e. The molecule has 1 fully saturated rings. The number of morpholine rings is 1. The average molecular weight is 473 g/mol. The van der Waals surface area contributed by atoms with Crippen molar-refractivity contribution >= 4 is 40.4 Å². The van der Waals surface area contributed by atoms with E-state index in [1.54, 1.807) is 6.20 Å². The highest BCUT2D eigenvalue weighted by atomic mass is 35.5. The Morgan fingerprint density at radius 1 is 1.03 bits per heavy atom. The summed E-state index contributed by atoms with van der Waals surface area (Å²) < 4.78 is 33.6. The summed E-state index contributed by atoms with van der Waals surface area (Å²) in [5.74, 6) is 0.486. The normalized spacial score (nSPS) is 15.7. The van der Waals surface area contributed by atoms with E-state index >= 15 is 0 Å². The van der Waals surface area contributed by atoms with E-state index in [0.717, 1.165) is 49.8 Å². The van der Waals surface area contributed by atoms with Gasteiger partial charge in [-0.2, -0.15) is 0 Å². The van der Waals surface area contributed by atoms with Crippen molar-refractivity contribution in [3.63, 3.8) is 0 Å². The van der Waals surface area contributed by atoms with Gasteiger partial charge >= 0.3 is 0 Å². The Morgan fingerprint density at radius 3 is 2.58 bits per heavy atom. The molecule has 1 saturated heterocycles. The Bertz CT molecular complexity index is 1140. The molecule has 0 saturated carbocycles. The molecule has 0 atom stereocenters. The van der Waals surface area contributed by atoms with Crippen molar-refractivity contribution in [2.75, 3.05) is 59.8 Å². The van der Waals surface area contributed by atoms with Gasteiger partial charge in [-0.05, 0) is 36.4 Å². The fraction of sp³-hybridized carbons (Fsp3) is 0.304. The number of hydrogen-bond donors (Lipinski definition) is 2. The number of halogens is 3. The summed E-state index contributed by atoms with van der Waals surface area (Å²) in [7, 11) is 0. The molecule has 2 aliphatic heterocycles. The maximum atomic E-state index is 14.3. The van der Waals surface area contributed by atoms with Crippen LogP contribution in [0.25, 0.3) is 0 Å². The van der Waals surface area contributed by atoms with Gasteiger partial charge in [-0.15, -0.1) is 0 Å². The highest BCUT2D eigenvalue weighted by molar-refractivity contribution is 6.31. The number of rotatable bonds is 5. The molecule has 0 radical (unpaired) electrons. The molecule has 2 aliphatic rings. The Kier molecular flexibility index (Phi) is 6.15. The number of aromatic nitrogens is 2. The van der Waals surface area contributed by atoms with Crippen LogP contribution < -0.4 is 20.4 Å². The first-order chi connectivity index (χ1) is 16.1. The molecule has 5 rings (SSSR count). The molecule has 0 bridgehead atoms. The molecule has 172 valence electrons. The third-order valence-corrected chi connectivity index (χ3v) is 6.14. The second-order valence-corrected chi connectivity index (χ2v) is 8.25. The third-order valence-electron chi connectivity index (χ3n) is 5.73. The van der Waals surface area contributed by atoms with Gasteiger partial charge in [0.15, 0.2) is 17.5 Å². The summed E-state index contributed by atoms with van der Waals surface area (Å²) in [6.45, 7) is 4.46. The van der Waals surface area contributed by atoms with Crippen molar-refractivity contribution in [1.82, 2.24) is 9.97 Å². The van der Waals surface area contributed by atoms with Crippen molar-refractivity contribution in [2.45, 2.75) is 6.54 Å². The Balaban J connectivity index is 1.35. The van der Waals surface area contributed by atoms with Gasteiger partial charge in [-0.25, -0.2) is 18.7 Å². The molecule has 0 unspecified atom stereocenters. The molecule has 3 aromatic rings. The minimum atomic E-state index is -0.648. The lowest BCUT2D eigenvalue weighted by Gasteiger charge is -2.31. The van der Waals surface area contributed by atoms with Crippen LogP contribution in [-0.2, 0) is 11.3 Å². The predicted molar refractivity (Wildman–Crippen MR) is 126 cm³/mol. The van der Waals surface area contributed by atoms with Crippen LogP contribution in [0.1, 0.15) is 5.56 Å². The molecule has 3 heterocycles. The highest BCUT2D eigenvalue weighted by Crippen LogP contribution is 2.31. The van der Waals surface area contributed by atoms with Gasteiger partial charge < -0.3 is 25.2 Å². The first-order valence-electron chi connectivity index (χ1n) is 10.8. The predicted octanol–water partition coefficient (Wildman–Crippen LogP) is 4.42. The van der Waals surface area contributed by atoms with Gasteiger partial charge in [-0.1, -0.05) is 11.6 Å². The quantitative estimate of drug-likeness (QED) is 0.533. The van der Waals surface area contributed by atoms with Gasteiger partial charge in [0.1, 0.15) is 11.6 Å². The number of hydrogen-bond acceptors (Lipinski definition) is 7. The summed E-state index contributed by atoms with van der Waals surface area (Å²) >= 11 is 6.04. The molecule has 1 aromatic heterocycles. The van der Waals surface area contributed by atoms with E-state index in [9.17, 15) is 8.78 Å². The van der Waals surface area contributed by atoms with E-state index in [4.69, 9.17) is 16.3 Å². The van der Waals surface area contributed by atoms with Crippen LogP contribution in [0.2, 0.25) is 5.02 Å². The monoisotopic (exact) mass is 472 g/mol. The van der Waals surface area contributed by atoms with Crippen LogP contribution >= 0.6 is 11.6 Å². The van der Waals surface area contributed by atoms with E-state index < -0.39 is 11.6 Å². The lowest BCUT2D eigenvalue weighted by Crippen LogP contribution is -2.36. The number of ether oxygens (including phenoxy) is 1. The first-order valence-corrected chi connectivity index (χ1v) is 11.1. The molecule has 33 heavy (non-hydrogen) atoms. The molecule has 0 spiro atoms. The zero-order valence-electron chi connectivity index (χ0n) is 17.8.